The van der Waals surface area contributed by atoms with Crippen LogP contribution in [0.15, 0.2) is 41.1 Å². The number of hydrogen-bond donors (Lipinski definition) is 1. The first-order valence-corrected chi connectivity index (χ1v) is 9.02. The van der Waals surface area contributed by atoms with E-state index in [0.29, 0.717) is 12.6 Å². The summed E-state index contributed by atoms with van der Waals surface area (Å²) in [6, 6.07) is 11.1. The van der Waals surface area contributed by atoms with E-state index in [1.165, 1.54) is 30.2 Å². The SMILES string of the molecule is O=C(NCc1ccon1)N1CCN([C@@H]2CCc3ccccc3C2)CC1. The highest BCUT2D eigenvalue weighted by Gasteiger charge is 2.28. The molecule has 2 amide bonds. The molecule has 0 bridgehead atoms. The zero-order chi connectivity index (χ0) is 17.1. The van der Waals surface area contributed by atoms with Gasteiger partial charge in [-0.05, 0) is 30.4 Å². The maximum atomic E-state index is 12.3. The Morgan fingerprint density at radius 3 is 2.72 bits per heavy atom. The van der Waals surface area contributed by atoms with Gasteiger partial charge in [0.05, 0.1) is 6.54 Å². The Hall–Kier alpha value is -2.34. The van der Waals surface area contributed by atoms with E-state index in [0.717, 1.165) is 38.3 Å². The average molecular weight is 340 g/mol. The topological polar surface area (TPSA) is 61.6 Å². The van der Waals surface area contributed by atoms with Crippen molar-refractivity contribution in [2.45, 2.75) is 31.8 Å². The molecule has 1 saturated heterocycles. The Bertz CT molecular complexity index is 708. The molecule has 25 heavy (non-hydrogen) atoms. The first-order chi connectivity index (χ1) is 12.3. The Balaban J connectivity index is 1.26. The summed E-state index contributed by atoms with van der Waals surface area (Å²) in [7, 11) is 0. The summed E-state index contributed by atoms with van der Waals surface area (Å²) >= 11 is 0. The first kappa shape index (κ1) is 16.1. The quantitative estimate of drug-likeness (QED) is 0.929. The molecule has 2 aromatic rings. The lowest BCUT2D eigenvalue weighted by atomic mass is 9.87. The molecule has 1 atom stereocenters. The lowest BCUT2D eigenvalue weighted by Crippen LogP contribution is -2.55. The third kappa shape index (κ3) is 3.69. The van der Waals surface area contributed by atoms with Crippen LogP contribution in [0.25, 0.3) is 0 Å². The molecule has 6 heteroatoms. The number of amides is 2. The van der Waals surface area contributed by atoms with E-state index < -0.39 is 0 Å². The van der Waals surface area contributed by atoms with Gasteiger partial charge in [0, 0.05) is 38.3 Å². The van der Waals surface area contributed by atoms with Crippen LogP contribution >= 0.6 is 0 Å². The molecule has 1 aliphatic carbocycles. The van der Waals surface area contributed by atoms with Gasteiger partial charge in [-0.1, -0.05) is 29.4 Å². The number of urea groups is 1. The number of nitrogens with zero attached hydrogens (tertiary/aromatic N) is 3. The molecule has 0 saturated carbocycles. The molecule has 1 aliphatic heterocycles. The van der Waals surface area contributed by atoms with Crippen molar-refractivity contribution in [2.24, 2.45) is 0 Å². The summed E-state index contributed by atoms with van der Waals surface area (Å²) in [6.45, 7) is 3.87. The fraction of sp³-hybridized carbons (Fsp3) is 0.474. The molecule has 2 heterocycles. The monoisotopic (exact) mass is 340 g/mol. The molecule has 0 radical (unpaired) electrons. The first-order valence-electron chi connectivity index (χ1n) is 9.02. The Labute approximate surface area is 147 Å². The second-order valence-corrected chi connectivity index (χ2v) is 6.84. The van der Waals surface area contributed by atoms with Gasteiger partial charge in [-0.2, -0.15) is 0 Å². The van der Waals surface area contributed by atoms with Crippen LogP contribution < -0.4 is 5.32 Å². The minimum absolute atomic E-state index is 0.0170. The molecule has 4 rings (SSSR count). The second kappa shape index (κ2) is 7.27. The zero-order valence-corrected chi connectivity index (χ0v) is 14.4. The van der Waals surface area contributed by atoms with Crippen LogP contribution in [-0.4, -0.2) is 53.2 Å². The maximum absolute atomic E-state index is 12.3. The Morgan fingerprint density at radius 1 is 1.16 bits per heavy atom. The van der Waals surface area contributed by atoms with Crippen molar-refractivity contribution in [3.05, 3.63) is 53.4 Å². The van der Waals surface area contributed by atoms with Gasteiger partial charge in [-0.3, -0.25) is 4.90 Å². The molecule has 2 aliphatic rings. The van der Waals surface area contributed by atoms with Crippen molar-refractivity contribution < 1.29 is 9.32 Å². The van der Waals surface area contributed by atoms with Crippen LogP contribution in [0.3, 0.4) is 0 Å². The standard InChI is InChI=1S/C19H24N4O2/c24-19(20-14-17-7-12-25-21-17)23-10-8-22(9-11-23)18-6-5-15-3-1-2-4-16(15)13-18/h1-4,7,12,18H,5-6,8-11,13-14H2,(H,20,24)/t18-/m1/s1. The van der Waals surface area contributed by atoms with E-state index in [4.69, 9.17) is 4.52 Å². The number of aryl methyl sites for hydroxylation is 1. The van der Waals surface area contributed by atoms with E-state index >= 15 is 0 Å². The summed E-state index contributed by atoms with van der Waals surface area (Å²) in [4.78, 5) is 16.7. The Kier molecular flexibility index (Phi) is 4.70. The van der Waals surface area contributed by atoms with Gasteiger partial charge in [0.25, 0.3) is 0 Å². The van der Waals surface area contributed by atoms with Gasteiger partial charge >= 0.3 is 6.03 Å². The average Bonchev–Trinajstić information content (AvgIpc) is 3.19. The van der Waals surface area contributed by atoms with Crippen molar-refractivity contribution in [2.75, 3.05) is 26.2 Å². The summed E-state index contributed by atoms with van der Waals surface area (Å²) < 4.78 is 4.78. The van der Waals surface area contributed by atoms with Crippen molar-refractivity contribution in [1.29, 1.82) is 0 Å². The summed E-state index contributed by atoms with van der Waals surface area (Å²) in [5.41, 5.74) is 3.74. The molecule has 0 unspecified atom stereocenters. The van der Waals surface area contributed by atoms with Crippen LogP contribution in [0.2, 0.25) is 0 Å². The summed E-state index contributed by atoms with van der Waals surface area (Å²) in [5.74, 6) is 0. The van der Waals surface area contributed by atoms with Crippen LogP contribution in [0.1, 0.15) is 23.2 Å². The summed E-state index contributed by atoms with van der Waals surface area (Å²) in [5, 5.41) is 6.72. The fourth-order valence-electron chi connectivity index (χ4n) is 3.89. The maximum Gasteiger partial charge on any atom is 0.317 e. The second-order valence-electron chi connectivity index (χ2n) is 6.84. The largest absolute Gasteiger partial charge is 0.364 e. The predicted octanol–water partition coefficient (Wildman–Crippen LogP) is 2.06. The highest BCUT2D eigenvalue weighted by atomic mass is 16.5. The normalized spacial score (nSPS) is 21.0. The van der Waals surface area contributed by atoms with Crippen LogP contribution in [-0.2, 0) is 19.4 Å². The number of piperazine rings is 1. The van der Waals surface area contributed by atoms with Crippen molar-refractivity contribution in [1.82, 2.24) is 20.3 Å². The van der Waals surface area contributed by atoms with E-state index in [1.54, 1.807) is 6.07 Å². The molecular formula is C19H24N4O2. The third-order valence-corrected chi connectivity index (χ3v) is 5.35. The summed E-state index contributed by atoms with van der Waals surface area (Å²) in [6.07, 6.45) is 5.03. The minimum Gasteiger partial charge on any atom is -0.364 e. The molecular weight excluding hydrogens is 316 g/mol. The van der Waals surface area contributed by atoms with Crippen LogP contribution in [0.5, 0.6) is 0 Å². The molecule has 1 aromatic heterocycles. The number of benzene rings is 1. The van der Waals surface area contributed by atoms with Crippen molar-refractivity contribution in [3.63, 3.8) is 0 Å². The number of carbonyl (C=O) groups excluding carboxylic acids is 1. The molecule has 0 spiro atoms. The number of aromatic nitrogens is 1. The van der Waals surface area contributed by atoms with E-state index in [1.807, 2.05) is 4.90 Å². The highest BCUT2D eigenvalue weighted by Crippen LogP contribution is 2.25. The van der Waals surface area contributed by atoms with Gasteiger partial charge in [0.2, 0.25) is 0 Å². The fourth-order valence-corrected chi connectivity index (χ4v) is 3.89. The number of hydrogen-bond acceptors (Lipinski definition) is 4. The predicted molar refractivity (Wildman–Crippen MR) is 94.1 cm³/mol. The van der Waals surface area contributed by atoms with E-state index in [-0.39, 0.29) is 6.03 Å². The van der Waals surface area contributed by atoms with E-state index in [2.05, 4.69) is 39.6 Å². The molecule has 1 fully saturated rings. The number of carbonyl (C=O) groups is 1. The molecule has 1 aromatic carbocycles. The molecule has 6 nitrogen and oxygen atoms in total. The number of nitrogens with one attached hydrogen (secondary N) is 1. The van der Waals surface area contributed by atoms with Gasteiger partial charge < -0.3 is 14.7 Å². The highest BCUT2D eigenvalue weighted by molar-refractivity contribution is 5.74. The van der Waals surface area contributed by atoms with Gasteiger partial charge in [-0.15, -0.1) is 0 Å². The number of fused-ring (bicyclic) bond motifs is 1. The number of rotatable bonds is 3. The van der Waals surface area contributed by atoms with Crippen LogP contribution in [0, 0.1) is 0 Å². The zero-order valence-electron chi connectivity index (χ0n) is 14.4. The molecule has 132 valence electrons. The third-order valence-electron chi connectivity index (χ3n) is 5.35. The minimum atomic E-state index is -0.0170. The lowest BCUT2D eigenvalue weighted by Gasteiger charge is -2.41. The van der Waals surface area contributed by atoms with Gasteiger partial charge in [-0.25, -0.2) is 4.79 Å². The van der Waals surface area contributed by atoms with E-state index in [9.17, 15) is 4.79 Å². The molecule has 1 N–H and O–H groups in total. The van der Waals surface area contributed by atoms with Crippen LogP contribution in [0.4, 0.5) is 4.79 Å². The van der Waals surface area contributed by atoms with Gasteiger partial charge in [0.1, 0.15) is 12.0 Å². The lowest BCUT2D eigenvalue weighted by molar-refractivity contribution is 0.101. The smallest absolute Gasteiger partial charge is 0.317 e. The van der Waals surface area contributed by atoms with Crippen molar-refractivity contribution >= 4 is 6.03 Å². The Morgan fingerprint density at radius 2 is 1.96 bits per heavy atom. The van der Waals surface area contributed by atoms with Gasteiger partial charge in [0.15, 0.2) is 0 Å². The van der Waals surface area contributed by atoms with Crippen molar-refractivity contribution in [3.8, 4) is 0 Å².